The van der Waals surface area contributed by atoms with Crippen LogP contribution in [0, 0.1) is 11.8 Å². The Labute approximate surface area is 92.2 Å². The summed E-state index contributed by atoms with van der Waals surface area (Å²) in [5.74, 6) is 0.626. The molecule has 1 saturated carbocycles. The van der Waals surface area contributed by atoms with Crippen LogP contribution in [0.15, 0.2) is 0 Å². The summed E-state index contributed by atoms with van der Waals surface area (Å²) in [5, 5.41) is 10.0. The topological polar surface area (TPSA) is 98.3 Å². The third kappa shape index (κ3) is 3.41. The molecule has 1 rings (SSSR count). The molecule has 0 amide bonds. The highest BCUT2D eigenvalue weighted by molar-refractivity contribution is 4.93. The molecule has 15 heavy (non-hydrogen) atoms. The fraction of sp³-hybridized carbons (Fsp3) is 1.00. The van der Waals surface area contributed by atoms with E-state index in [2.05, 4.69) is 6.92 Å². The van der Waals surface area contributed by atoms with Crippen LogP contribution in [0.2, 0.25) is 0 Å². The zero-order valence-corrected chi connectivity index (χ0v) is 9.60. The minimum Gasteiger partial charge on any atom is -0.393 e. The SMILES string of the molecule is CC1CC(N)C(C(O)CCCN)C(N)C1. The molecular weight excluding hydrogens is 190 g/mol. The van der Waals surface area contributed by atoms with Crippen molar-refractivity contribution in [3.8, 4) is 0 Å². The number of hydrogen-bond donors (Lipinski definition) is 4. The Morgan fingerprint density at radius 3 is 2.27 bits per heavy atom. The van der Waals surface area contributed by atoms with Gasteiger partial charge < -0.3 is 22.3 Å². The lowest BCUT2D eigenvalue weighted by molar-refractivity contribution is 0.0420. The second-order valence-electron chi connectivity index (χ2n) is 4.98. The molecule has 0 aromatic rings. The number of aliphatic hydroxyl groups excluding tert-OH is 1. The molecule has 1 aliphatic carbocycles. The van der Waals surface area contributed by atoms with Crippen LogP contribution in [0.4, 0.5) is 0 Å². The van der Waals surface area contributed by atoms with E-state index in [1.54, 1.807) is 0 Å². The summed E-state index contributed by atoms with van der Waals surface area (Å²) in [7, 11) is 0. The first-order chi connectivity index (χ1) is 7.06. The molecule has 7 N–H and O–H groups in total. The molecule has 0 radical (unpaired) electrons. The summed E-state index contributed by atoms with van der Waals surface area (Å²) in [6.45, 7) is 2.78. The van der Waals surface area contributed by atoms with Gasteiger partial charge in [0.2, 0.25) is 0 Å². The van der Waals surface area contributed by atoms with Crippen LogP contribution in [0.25, 0.3) is 0 Å². The van der Waals surface area contributed by atoms with Gasteiger partial charge in [-0.05, 0) is 38.1 Å². The maximum Gasteiger partial charge on any atom is 0.0598 e. The van der Waals surface area contributed by atoms with E-state index in [1.165, 1.54) is 0 Å². The Morgan fingerprint density at radius 2 is 1.80 bits per heavy atom. The van der Waals surface area contributed by atoms with Crippen molar-refractivity contribution in [3.05, 3.63) is 0 Å². The van der Waals surface area contributed by atoms with Crippen molar-refractivity contribution < 1.29 is 5.11 Å². The minimum absolute atomic E-state index is 0.0384. The summed E-state index contributed by atoms with van der Waals surface area (Å²) in [5.41, 5.74) is 17.5. The Kier molecular flexibility index (Phi) is 4.99. The average molecular weight is 215 g/mol. The fourth-order valence-electron chi connectivity index (χ4n) is 2.75. The van der Waals surface area contributed by atoms with Crippen molar-refractivity contribution in [1.29, 1.82) is 0 Å². The lowest BCUT2D eigenvalue weighted by Gasteiger charge is -2.40. The second-order valence-corrected chi connectivity index (χ2v) is 4.98. The molecule has 0 aromatic heterocycles. The van der Waals surface area contributed by atoms with E-state index in [0.29, 0.717) is 12.5 Å². The Hall–Kier alpha value is -0.160. The van der Waals surface area contributed by atoms with E-state index in [1.807, 2.05) is 0 Å². The van der Waals surface area contributed by atoms with Gasteiger partial charge in [-0.25, -0.2) is 0 Å². The largest absolute Gasteiger partial charge is 0.393 e. The molecule has 1 fully saturated rings. The van der Waals surface area contributed by atoms with Crippen LogP contribution < -0.4 is 17.2 Å². The zero-order chi connectivity index (χ0) is 11.4. The lowest BCUT2D eigenvalue weighted by atomic mass is 9.73. The smallest absolute Gasteiger partial charge is 0.0598 e. The number of aliphatic hydroxyl groups is 1. The predicted octanol–water partition coefficient (Wildman–Crippen LogP) is -0.213. The van der Waals surface area contributed by atoms with Crippen molar-refractivity contribution in [2.75, 3.05) is 6.54 Å². The lowest BCUT2D eigenvalue weighted by Crippen LogP contribution is -2.53. The van der Waals surface area contributed by atoms with Crippen molar-refractivity contribution in [2.24, 2.45) is 29.0 Å². The molecule has 3 unspecified atom stereocenters. The number of hydrogen-bond acceptors (Lipinski definition) is 4. The standard InChI is InChI=1S/C11H25N3O/c1-7-5-8(13)11(9(14)6-7)10(15)3-2-4-12/h7-11,15H,2-6,12-14H2,1H3. The van der Waals surface area contributed by atoms with Crippen molar-refractivity contribution in [2.45, 2.75) is 50.8 Å². The van der Waals surface area contributed by atoms with Gasteiger partial charge in [0, 0.05) is 18.0 Å². The van der Waals surface area contributed by atoms with E-state index in [-0.39, 0.29) is 24.1 Å². The van der Waals surface area contributed by atoms with Crippen molar-refractivity contribution >= 4 is 0 Å². The summed E-state index contributed by atoms with van der Waals surface area (Å²) in [6, 6.07) is 0.0769. The van der Waals surface area contributed by atoms with E-state index < -0.39 is 0 Å². The van der Waals surface area contributed by atoms with Gasteiger partial charge in [-0.3, -0.25) is 0 Å². The molecule has 0 aliphatic heterocycles. The highest BCUT2D eigenvalue weighted by atomic mass is 16.3. The van der Waals surface area contributed by atoms with E-state index >= 15 is 0 Å². The van der Waals surface area contributed by atoms with Crippen LogP contribution in [0.1, 0.15) is 32.6 Å². The van der Waals surface area contributed by atoms with E-state index in [4.69, 9.17) is 17.2 Å². The van der Waals surface area contributed by atoms with Gasteiger partial charge >= 0.3 is 0 Å². The third-order valence-electron chi connectivity index (χ3n) is 3.49. The summed E-state index contributed by atoms with van der Waals surface area (Å²) < 4.78 is 0. The van der Waals surface area contributed by atoms with Crippen LogP contribution in [0.5, 0.6) is 0 Å². The Morgan fingerprint density at radius 1 is 1.27 bits per heavy atom. The van der Waals surface area contributed by atoms with E-state index in [0.717, 1.165) is 25.7 Å². The molecule has 90 valence electrons. The van der Waals surface area contributed by atoms with Crippen molar-refractivity contribution in [1.82, 2.24) is 0 Å². The Balaban J connectivity index is 2.50. The molecule has 3 atom stereocenters. The molecule has 0 heterocycles. The zero-order valence-electron chi connectivity index (χ0n) is 9.60. The first kappa shape index (κ1) is 12.9. The number of nitrogens with two attached hydrogens (primary N) is 3. The minimum atomic E-state index is -0.383. The second kappa shape index (κ2) is 5.80. The molecule has 4 nitrogen and oxygen atoms in total. The number of rotatable bonds is 4. The van der Waals surface area contributed by atoms with Crippen LogP contribution in [0.3, 0.4) is 0 Å². The van der Waals surface area contributed by atoms with Crippen LogP contribution in [-0.2, 0) is 0 Å². The highest BCUT2D eigenvalue weighted by Crippen LogP contribution is 2.30. The maximum absolute atomic E-state index is 10.0. The maximum atomic E-state index is 10.0. The summed E-state index contributed by atoms with van der Waals surface area (Å²) >= 11 is 0. The molecule has 0 saturated heterocycles. The first-order valence-electron chi connectivity index (χ1n) is 5.95. The van der Waals surface area contributed by atoms with Gasteiger partial charge in [0.25, 0.3) is 0 Å². The van der Waals surface area contributed by atoms with E-state index in [9.17, 15) is 5.11 Å². The molecule has 0 spiro atoms. The molecule has 4 heteroatoms. The van der Waals surface area contributed by atoms with Gasteiger partial charge in [0.05, 0.1) is 6.10 Å². The highest BCUT2D eigenvalue weighted by Gasteiger charge is 2.36. The molecular formula is C11H25N3O. The quantitative estimate of drug-likeness (QED) is 0.521. The van der Waals surface area contributed by atoms with Gasteiger partial charge in [-0.1, -0.05) is 6.92 Å². The van der Waals surface area contributed by atoms with Gasteiger partial charge in [-0.2, -0.15) is 0 Å². The fourth-order valence-corrected chi connectivity index (χ4v) is 2.75. The Bertz CT molecular complexity index is 177. The normalized spacial score (nSPS) is 39.0. The molecule has 0 bridgehead atoms. The summed E-state index contributed by atoms with van der Waals surface area (Å²) in [6.07, 6.45) is 3.12. The van der Waals surface area contributed by atoms with Gasteiger partial charge in [0.15, 0.2) is 0 Å². The van der Waals surface area contributed by atoms with Crippen LogP contribution >= 0.6 is 0 Å². The van der Waals surface area contributed by atoms with Gasteiger partial charge in [-0.15, -0.1) is 0 Å². The monoisotopic (exact) mass is 215 g/mol. The summed E-state index contributed by atoms with van der Waals surface area (Å²) in [4.78, 5) is 0. The van der Waals surface area contributed by atoms with Crippen LogP contribution in [-0.4, -0.2) is 29.8 Å². The third-order valence-corrected chi connectivity index (χ3v) is 3.49. The van der Waals surface area contributed by atoms with Crippen molar-refractivity contribution in [3.63, 3.8) is 0 Å². The average Bonchev–Trinajstić information content (AvgIpc) is 2.12. The predicted molar refractivity (Wildman–Crippen MR) is 62.1 cm³/mol. The first-order valence-corrected chi connectivity index (χ1v) is 5.95. The molecule has 0 aromatic carbocycles. The molecule has 1 aliphatic rings. The van der Waals surface area contributed by atoms with Gasteiger partial charge in [0.1, 0.15) is 0 Å².